The molecule has 1 aromatic heterocycles. The summed E-state index contributed by atoms with van der Waals surface area (Å²) in [6, 6.07) is 14.8. The van der Waals surface area contributed by atoms with E-state index in [9.17, 15) is 9.59 Å². The van der Waals surface area contributed by atoms with Gasteiger partial charge in [-0.15, -0.1) is 0 Å². The maximum absolute atomic E-state index is 11.9. The van der Waals surface area contributed by atoms with Crippen molar-refractivity contribution in [2.75, 3.05) is 18.4 Å². The Hall–Kier alpha value is -2.86. The Morgan fingerprint density at radius 1 is 1.04 bits per heavy atom. The molecule has 0 fully saturated rings. The molecule has 7 heteroatoms. The van der Waals surface area contributed by atoms with Crippen molar-refractivity contribution in [1.82, 2.24) is 15.5 Å². The van der Waals surface area contributed by atoms with E-state index in [0.717, 1.165) is 17.4 Å². The molecule has 2 aromatic carbocycles. The second kappa shape index (κ2) is 9.19. The van der Waals surface area contributed by atoms with E-state index in [1.807, 2.05) is 42.5 Å². The van der Waals surface area contributed by atoms with Crippen LogP contribution in [0.3, 0.4) is 0 Å². The SMILES string of the molecule is O=C(CCc1ccc(Cl)cc1)NCCCNc1n[nH]c(=O)c2ccccc12. The summed E-state index contributed by atoms with van der Waals surface area (Å²) in [5.74, 6) is 0.664. The lowest BCUT2D eigenvalue weighted by atomic mass is 10.1. The molecule has 0 saturated heterocycles. The summed E-state index contributed by atoms with van der Waals surface area (Å²) in [5.41, 5.74) is 0.885. The number of amides is 1. The fourth-order valence-corrected chi connectivity index (χ4v) is 2.90. The Balaban J connectivity index is 1.39. The molecule has 0 unspecified atom stereocenters. The van der Waals surface area contributed by atoms with Crippen LogP contribution in [0.1, 0.15) is 18.4 Å². The Kier molecular flexibility index (Phi) is 6.44. The average Bonchev–Trinajstić information content (AvgIpc) is 2.69. The smallest absolute Gasteiger partial charge is 0.272 e. The minimum Gasteiger partial charge on any atom is -0.368 e. The molecule has 3 aromatic rings. The van der Waals surface area contributed by atoms with Gasteiger partial charge in [-0.1, -0.05) is 41.9 Å². The van der Waals surface area contributed by atoms with E-state index < -0.39 is 0 Å². The molecule has 1 amide bonds. The number of carbonyl (C=O) groups is 1. The molecule has 0 spiro atoms. The molecule has 6 nitrogen and oxygen atoms in total. The predicted octanol–water partition coefficient (Wildman–Crippen LogP) is 3.13. The van der Waals surface area contributed by atoms with Gasteiger partial charge < -0.3 is 10.6 Å². The van der Waals surface area contributed by atoms with Crippen LogP contribution in [0.2, 0.25) is 5.02 Å². The standard InChI is InChI=1S/C20H21ClN4O2/c21-15-9-6-14(7-10-15)8-11-18(26)22-12-3-13-23-19-16-4-1-2-5-17(16)20(27)25-24-19/h1-2,4-7,9-10H,3,8,11-13H2,(H,22,26)(H,23,24)(H,25,27). The molecule has 0 aliphatic rings. The second-order valence-electron chi connectivity index (χ2n) is 6.20. The van der Waals surface area contributed by atoms with Crippen LogP contribution in [0.15, 0.2) is 53.3 Å². The highest BCUT2D eigenvalue weighted by molar-refractivity contribution is 6.30. The number of nitrogens with one attached hydrogen (secondary N) is 3. The van der Waals surface area contributed by atoms with Crippen LogP contribution in [0.5, 0.6) is 0 Å². The zero-order valence-corrected chi connectivity index (χ0v) is 15.6. The monoisotopic (exact) mass is 384 g/mol. The third-order valence-corrected chi connectivity index (χ3v) is 4.47. The Morgan fingerprint density at radius 2 is 1.78 bits per heavy atom. The van der Waals surface area contributed by atoms with Crippen LogP contribution in [-0.2, 0) is 11.2 Å². The number of fused-ring (bicyclic) bond motifs is 1. The van der Waals surface area contributed by atoms with Gasteiger partial charge in [-0.05, 0) is 36.6 Å². The van der Waals surface area contributed by atoms with E-state index in [-0.39, 0.29) is 11.5 Å². The van der Waals surface area contributed by atoms with Gasteiger partial charge >= 0.3 is 0 Å². The van der Waals surface area contributed by atoms with E-state index in [0.29, 0.717) is 42.2 Å². The first-order valence-corrected chi connectivity index (χ1v) is 9.24. The third-order valence-electron chi connectivity index (χ3n) is 4.22. The van der Waals surface area contributed by atoms with E-state index in [2.05, 4.69) is 20.8 Å². The van der Waals surface area contributed by atoms with Crippen molar-refractivity contribution < 1.29 is 4.79 Å². The van der Waals surface area contributed by atoms with Gasteiger partial charge in [-0.25, -0.2) is 5.10 Å². The number of carbonyl (C=O) groups excluding carboxylic acids is 1. The molecular weight excluding hydrogens is 364 g/mol. The largest absolute Gasteiger partial charge is 0.368 e. The molecule has 0 bridgehead atoms. The maximum Gasteiger partial charge on any atom is 0.272 e. The molecule has 0 aliphatic heterocycles. The van der Waals surface area contributed by atoms with Crippen LogP contribution in [-0.4, -0.2) is 29.2 Å². The Morgan fingerprint density at radius 3 is 2.56 bits per heavy atom. The van der Waals surface area contributed by atoms with Crippen LogP contribution in [0.25, 0.3) is 10.8 Å². The van der Waals surface area contributed by atoms with Crippen molar-refractivity contribution in [3.63, 3.8) is 0 Å². The number of aryl methyl sites for hydroxylation is 1. The van der Waals surface area contributed by atoms with Gasteiger partial charge in [0.25, 0.3) is 5.56 Å². The van der Waals surface area contributed by atoms with Gasteiger partial charge in [0.2, 0.25) is 5.91 Å². The summed E-state index contributed by atoms with van der Waals surface area (Å²) in [4.78, 5) is 23.7. The lowest BCUT2D eigenvalue weighted by Crippen LogP contribution is -2.26. The number of benzene rings is 2. The number of nitrogens with zero attached hydrogens (tertiary/aromatic N) is 1. The molecule has 1 heterocycles. The van der Waals surface area contributed by atoms with Crippen molar-refractivity contribution in [1.29, 1.82) is 0 Å². The van der Waals surface area contributed by atoms with Crippen molar-refractivity contribution in [3.8, 4) is 0 Å². The van der Waals surface area contributed by atoms with Gasteiger partial charge in [0.05, 0.1) is 5.39 Å². The molecule has 0 radical (unpaired) electrons. The maximum atomic E-state index is 11.9. The Bertz CT molecular complexity index is 970. The summed E-state index contributed by atoms with van der Waals surface area (Å²) in [7, 11) is 0. The van der Waals surface area contributed by atoms with Crippen molar-refractivity contribution >= 4 is 34.1 Å². The zero-order chi connectivity index (χ0) is 19.1. The van der Waals surface area contributed by atoms with Crippen LogP contribution in [0.4, 0.5) is 5.82 Å². The molecule has 0 aliphatic carbocycles. The van der Waals surface area contributed by atoms with Gasteiger partial charge in [0.1, 0.15) is 0 Å². The van der Waals surface area contributed by atoms with Gasteiger partial charge in [0, 0.05) is 29.9 Å². The average molecular weight is 385 g/mol. The molecule has 27 heavy (non-hydrogen) atoms. The number of aromatic amines is 1. The number of rotatable bonds is 8. The Labute approximate surface area is 161 Å². The lowest BCUT2D eigenvalue weighted by molar-refractivity contribution is -0.121. The minimum atomic E-state index is -0.205. The molecule has 0 saturated carbocycles. The van der Waals surface area contributed by atoms with E-state index in [1.54, 1.807) is 6.07 Å². The minimum absolute atomic E-state index is 0.0255. The molecule has 3 rings (SSSR count). The number of halogens is 1. The number of anilines is 1. The van der Waals surface area contributed by atoms with Crippen molar-refractivity contribution in [3.05, 3.63) is 69.5 Å². The summed E-state index contributed by atoms with van der Waals surface area (Å²) in [5, 5.41) is 14.8. The highest BCUT2D eigenvalue weighted by Gasteiger charge is 2.05. The third kappa shape index (κ3) is 5.31. The fraction of sp³-hybridized carbons (Fsp3) is 0.250. The number of aromatic nitrogens is 2. The number of H-pyrrole nitrogens is 1. The normalized spacial score (nSPS) is 10.7. The zero-order valence-electron chi connectivity index (χ0n) is 14.8. The van der Waals surface area contributed by atoms with Gasteiger partial charge in [-0.2, -0.15) is 5.10 Å². The first kappa shape index (κ1) is 18.9. The summed E-state index contributed by atoms with van der Waals surface area (Å²) in [6.07, 6.45) is 1.89. The summed E-state index contributed by atoms with van der Waals surface area (Å²) >= 11 is 5.85. The second-order valence-corrected chi connectivity index (χ2v) is 6.64. The summed E-state index contributed by atoms with van der Waals surface area (Å²) in [6.45, 7) is 1.22. The predicted molar refractivity (Wildman–Crippen MR) is 108 cm³/mol. The van der Waals surface area contributed by atoms with Gasteiger partial charge in [-0.3, -0.25) is 9.59 Å². The quantitative estimate of drug-likeness (QED) is 0.521. The topological polar surface area (TPSA) is 86.9 Å². The fourth-order valence-electron chi connectivity index (χ4n) is 2.77. The van der Waals surface area contributed by atoms with Crippen molar-refractivity contribution in [2.24, 2.45) is 0 Å². The van der Waals surface area contributed by atoms with Crippen LogP contribution in [0, 0.1) is 0 Å². The number of hydrogen-bond donors (Lipinski definition) is 3. The van der Waals surface area contributed by atoms with E-state index >= 15 is 0 Å². The molecule has 3 N–H and O–H groups in total. The highest BCUT2D eigenvalue weighted by Crippen LogP contribution is 2.16. The van der Waals surface area contributed by atoms with Crippen molar-refractivity contribution in [2.45, 2.75) is 19.3 Å². The van der Waals surface area contributed by atoms with Gasteiger partial charge in [0.15, 0.2) is 5.82 Å². The first-order valence-electron chi connectivity index (χ1n) is 8.86. The summed E-state index contributed by atoms with van der Waals surface area (Å²) < 4.78 is 0. The first-order chi connectivity index (χ1) is 13.1. The number of hydrogen-bond acceptors (Lipinski definition) is 4. The van der Waals surface area contributed by atoms with E-state index in [1.165, 1.54) is 0 Å². The lowest BCUT2D eigenvalue weighted by Gasteiger charge is -2.09. The van der Waals surface area contributed by atoms with Crippen LogP contribution < -0.4 is 16.2 Å². The molecule has 140 valence electrons. The molecular formula is C20H21ClN4O2. The van der Waals surface area contributed by atoms with E-state index in [4.69, 9.17) is 11.6 Å². The highest BCUT2D eigenvalue weighted by atomic mass is 35.5. The molecule has 0 atom stereocenters. The van der Waals surface area contributed by atoms with Crippen LogP contribution >= 0.6 is 11.6 Å².